The SMILES string of the molecule is C[C@H](COc1ccc(-c2ccnc3ccnn23)cc1C(F)(F)F)CC(C)(C)N. The molecule has 2 heterocycles. The van der Waals surface area contributed by atoms with E-state index in [0.717, 1.165) is 6.07 Å². The third-order valence-corrected chi connectivity index (χ3v) is 4.27. The third-order valence-electron chi connectivity index (χ3n) is 4.27. The maximum atomic E-state index is 13.7. The summed E-state index contributed by atoms with van der Waals surface area (Å²) in [5.74, 6) is -0.173. The second-order valence-corrected chi connectivity index (χ2v) is 7.75. The molecule has 0 fully saturated rings. The molecule has 1 atom stereocenters. The molecular formula is C20H23F3N4O. The van der Waals surface area contributed by atoms with Gasteiger partial charge in [-0.25, -0.2) is 9.50 Å². The molecule has 0 spiro atoms. The molecule has 0 bridgehead atoms. The molecule has 2 N–H and O–H groups in total. The van der Waals surface area contributed by atoms with E-state index >= 15 is 0 Å². The summed E-state index contributed by atoms with van der Waals surface area (Å²) in [6.45, 7) is 5.82. The minimum atomic E-state index is -4.54. The first-order chi connectivity index (χ1) is 13.0. The number of halogens is 3. The Kier molecular flexibility index (Phi) is 5.34. The standard InChI is InChI=1S/C20H23F3N4O/c1-13(11-19(2,3)24)12-28-17-5-4-14(10-15(17)20(21,22)23)16-6-8-25-18-7-9-26-27(16)18/h4-10,13H,11-12,24H2,1-3H3/t13-/m0/s1. The fraction of sp³-hybridized carbons (Fsp3) is 0.400. The van der Waals surface area contributed by atoms with Crippen molar-refractivity contribution in [3.05, 3.63) is 48.3 Å². The van der Waals surface area contributed by atoms with E-state index in [1.807, 2.05) is 20.8 Å². The zero-order valence-corrected chi connectivity index (χ0v) is 16.0. The molecule has 28 heavy (non-hydrogen) atoms. The van der Waals surface area contributed by atoms with Gasteiger partial charge in [0.1, 0.15) is 5.75 Å². The Bertz CT molecular complexity index is 960. The van der Waals surface area contributed by atoms with Crippen molar-refractivity contribution in [3.63, 3.8) is 0 Å². The Morgan fingerprint density at radius 2 is 1.89 bits per heavy atom. The smallest absolute Gasteiger partial charge is 0.419 e. The highest BCUT2D eigenvalue weighted by atomic mass is 19.4. The summed E-state index contributed by atoms with van der Waals surface area (Å²) >= 11 is 0. The Morgan fingerprint density at radius 3 is 2.57 bits per heavy atom. The van der Waals surface area contributed by atoms with E-state index in [1.54, 1.807) is 30.6 Å². The van der Waals surface area contributed by atoms with Crippen LogP contribution >= 0.6 is 0 Å². The zero-order valence-electron chi connectivity index (χ0n) is 16.0. The molecule has 3 rings (SSSR count). The highest BCUT2D eigenvalue weighted by Gasteiger charge is 2.35. The molecule has 3 aromatic rings. The van der Waals surface area contributed by atoms with Crippen molar-refractivity contribution >= 4 is 5.65 Å². The van der Waals surface area contributed by atoms with Crippen molar-refractivity contribution in [1.82, 2.24) is 14.6 Å². The molecule has 0 unspecified atom stereocenters. The second-order valence-electron chi connectivity index (χ2n) is 7.75. The van der Waals surface area contributed by atoms with Crippen LogP contribution in [-0.2, 0) is 6.18 Å². The average Bonchev–Trinajstić information content (AvgIpc) is 3.06. The van der Waals surface area contributed by atoms with Crippen molar-refractivity contribution in [2.45, 2.75) is 38.9 Å². The van der Waals surface area contributed by atoms with Crippen LogP contribution in [0.3, 0.4) is 0 Å². The molecular weight excluding hydrogens is 369 g/mol. The van der Waals surface area contributed by atoms with Crippen LogP contribution in [0.2, 0.25) is 0 Å². The summed E-state index contributed by atoms with van der Waals surface area (Å²) in [5.41, 5.74) is 6.21. The number of alkyl halides is 3. The van der Waals surface area contributed by atoms with Crippen LogP contribution in [0, 0.1) is 5.92 Å². The van der Waals surface area contributed by atoms with Crippen molar-refractivity contribution in [1.29, 1.82) is 0 Å². The topological polar surface area (TPSA) is 65.4 Å². The van der Waals surface area contributed by atoms with Gasteiger partial charge in [-0.05, 0) is 50.5 Å². The van der Waals surface area contributed by atoms with Crippen molar-refractivity contribution in [2.24, 2.45) is 11.7 Å². The second kappa shape index (κ2) is 7.43. The number of nitrogens with zero attached hydrogens (tertiary/aromatic N) is 3. The number of ether oxygens (including phenoxy) is 1. The van der Waals surface area contributed by atoms with Crippen LogP contribution in [0.4, 0.5) is 13.2 Å². The maximum absolute atomic E-state index is 13.7. The summed E-state index contributed by atoms with van der Waals surface area (Å²) in [6.07, 6.45) is -0.812. The molecule has 0 aliphatic carbocycles. The largest absolute Gasteiger partial charge is 0.493 e. The van der Waals surface area contributed by atoms with Gasteiger partial charge in [0.25, 0.3) is 0 Å². The van der Waals surface area contributed by atoms with E-state index in [9.17, 15) is 13.2 Å². The minimum Gasteiger partial charge on any atom is -0.493 e. The van der Waals surface area contributed by atoms with Gasteiger partial charge in [-0.3, -0.25) is 0 Å². The molecule has 1 aromatic carbocycles. The lowest BCUT2D eigenvalue weighted by Gasteiger charge is -2.24. The summed E-state index contributed by atoms with van der Waals surface area (Å²) < 4.78 is 48.0. The van der Waals surface area contributed by atoms with Gasteiger partial charge in [0.2, 0.25) is 0 Å². The summed E-state index contributed by atoms with van der Waals surface area (Å²) in [6, 6.07) is 7.35. The van der Waals surface area contributed by atoms with Crippen LogP contribution in [0.15, 0.2) is 42.7 Å². The van der Waals surface area contributed by atoms with E-state index in [4.69, 9.17) is 10.5 Å². The molecule has 2 aromatic heterocycles. The monoisotopic (exact) mass is 392 g/mol. The molecule has 5 nitrogen and oxygen atoms in total. The van der Waals surface area contributed by atoms with Crippen molar-refractivity contribution < 1.29 is 17.9 Å². The summed E-state index contributed by atoms with van der Waals surface area (Å²) in [7, 11) is 0. The highest BCUT2D eigenvalue weighted by Crippen LogP contribution is 2.39. The molecule has 8 heteroatoms. The quantitative estimate of drug-likeness (QED) is 0.668. The molecule has 0 radical (unpaired) electrons. The predicted octanol–water partition coefficient (Wildman–Crippen LogP) is 4.56. The van der Waals surface area contributed by atoms with Gasteiger partial charge in [0.15, 0.2) is 5.65 Å². The van der Waals surface area contributed by atoms with Gasteiger partial charge < -0.3 is 10.5 Å². The maximum Gasteiger partial charge on any atom is 0.419 e. The fourth-order valence-corrected chi connectivity index (χ4v) is 3.28. The van der Waals surface area contributed by atoms with Crippen LogP contribution in [0.1, 0.15) is 32.8 Å². The predicted molar refractivity (Wildman–Crippen MR) is 101 cm³/mol. The normalized spacial score (nSPS) is 13.7. The number of nitrogens with two attached hydrogens (primary N) is 1. The van der Waals surface area contributed by atoms with Gasteiger partial charge in [-0.1, -0.05) is 6.92 Å². The number of rotatable bonds is 6. The number of hydrogen-bond acceptors (Lipinski definition) is 4. The lowest BCUT2D eigenvalue weighted by Crippen LogP contribution is -2.35. The van der Waals surface area contributed by atoms with Crippen LogP contribution < -0.4 is 10.5 Å². The minimum absolute atomic E-state index is 0.0182. The number of benzene rings is 1. The fourth-order valence-electron chi connectivity index (χ4n) is 3.28. The highest BCUT2D eigenvalue weighted by molar-refractivity contribution is 5.65. The van der Waals surface area contributed by atoms with Gasteiger partial charge >= 0.3 is 6.18 Å². The third kappa shape index (κ3) is 4.62. The van der Waals surface area contributed by atoms with Crippen molar-refractivity contribution in [3.8, 4) is 17.0 Å². The van der Waals surface area contributed by atoms with E-state index in [-0.39, 0.29) is 18.3 Å². The molecule has 0 aliphatic rings. The summed E-state index contributed by atoms with van der Waals surface area (Å²) in [4.78, 5) is 4.14. The zero-order chi connectivity index (χ0) is 20.5. The van der Waals surface area contributed by atoms with E-state index in [2.05, 4.69) is 10.1 Å². The lowest BCUT2D eigenvalue weighted by atomic mass is 9.93. The van der Waals surface area contributed by atoms with Gasteiger partial charge in [0.05, 0.1) is 24.1 Å². The Morgan fingerprint density at radius 1 is 1.14 bits per heavy atom. The lowest BCUT2D eigenvalue weighted by molar-refractivity contribution is -0.139. The Hall–Kier alpha value is -2.61. The van der Waals surface area contributed by atoms with Gasteiger partial charge in [0, 0.05) is 23.4 Å². The molecule has 0 aliphatic heterocycles. The Labute approximate surface area is 161 Å². The molecule has 0 amide bonds. The number of fused-ring (bicyclic) bond motifs is 1. The molecule has 0 saturated carbocycles. The van der Waals surface area contributed by atoms with Gasteiger partial charge in [-0.15, -0.1) is 0 Å². The van der Waals surface area contributed by atoms with Gasteiger partial charge in [-0.2, -0.15) is 18.3 Å². The van der Waals surface area contributed by atoms with E-state index in [0.29, 0.717) is 23.3 Å². The summed E-state index contributed by atoms with van der Waals surface area (Å²) in [5, 5.41) is 4.13. The first-order valence-corrected chi connectivity index (χ1v) is 8.97. The molecule has 150 valence electrons. The van der Waals surface area contributed by atoms with Crippen LogP contribution in [-0.4, -0.2) is 26.7 Å². The van der Waals surface area contributed by atoms with Crippen LogP contribution in [0.25, 0.3) is 16.9 Å². The first kappa shape index (κ1) is 20.1. The Balaban J connectivity index is 1.92. The number of aromatic nitrogens is 3. The van der Waals surface area contributed by atoms with E-state index < -0.39 is 17.3 Å². The first-order valence-electron chi connectivity index (χ1n) is 8.97. The number of hydrogen-bond donors (Lipinski definition) is 1. The average molecular weight is 392 g/mol. The van der Waals surface area contributed by atoms with Crippen LogP contribution in [0.5, 0.6) is 5.75 Å². The van der Waals surface area contributed by atoms with E-state index in [1.165, 1.54) is 10.6 Å². The van der Waals surface area contributed by atoms with Crippen molar-refractivity contribution in [2.75, 3.05) is 6.61 Å². The molecule has 0 saturated heterocycles.